The highest BCUT2D eigenvalue weighted by molar-refractivity contribution is 5.88. The van der Waals surface area contributed by atoms with Crippen molar-refractivity contribution in [2.24, 2.45) is 5.73 Å². The molecule has 4 amide bonds. The topological polar surface area (TPSA) is 188 Å². The molecule has 240 valence electrons. The molecule has 0 saturated carbocycles. The third-order valence-electron chi connectivity index (χ3n) is 6.82. The Bertz CT molecular complexity index is 1370. The van der Waals surface area contributed by atoms with Crippen molar-refractivity contribution < 1.29 is 43.2 Å². The zero-order valence-corrected chi connectivity index (χ0v) is 25.3. The first kappa shape index (κ1) is 34.4. The van der Waals surface area contributed by atoms with Gasteiger partial charge in [-0.05, 0) is 47.9 Å². The minimum absolute atomic E-state index is 0.125. The van der Waals surface area contributed by atoms with Gasteiger partial charge in [-0.2, -0.15) is 0 Å². The lowest BCUT2D eigenvalue weighted by Gasteiger charge is -2.37. The van der Waals surface area contributed by atoms with Gasteiger partial charge in [-0.25, -0.2) is 4.79 Å². The third kappa shape index (κ3) is 9.68. The molecule has 0 aliphatic heterocycles. The molecule has 3 rings (SSSR count). The van der Waals surface area contributed by atoms with Crippen molar-refractivity contribution in [1.29, 1.82) is 0 Å². The largest absolute Gasteiger partial charge is 0.497 e. The molecule has 0 spiro atoms. The van der Waals surface area contributed by atoms with Gasteiger partial charge < -0.3 is 45.7 Å². The quantitative estimate of drug-likeness (QED) is 0.146. The zero-order chi connectivity index (χ0) is 32.8. The first-order valence-electron chi connectivity index (χ1n) is 14.0. The Balaban J connectivity index is 1.81. The Kier molecular flexibility index (Phi) is 12.7. The summed E-state index contributed by atoms with van der Waals surface area (Å²) >= 11 is 0. The van der Waals surface area contributed by atoms with Crippen LogP contribution >= 0.6 is 0 Å². The fourth-order valence-corrected chi connectivity index (χ4v) is 4.46. The van der Waals surface area contributed by atoms with E-state index in [-0.39, 0.29) is 6.61 Å². The second-order valence-corrected chi connectivity index (χ2v) is 9.89. The molecular formula is C32H38N4O9. The molecule has 0 fully saturated rings. The maximum Gasteiger partial charge on any atom is 0.405 e. The minimum Gasteiger partial charge on any atom is -0.497 e. The number of amides is 4. The van der Waals surface area contributed by atoms with Crippen LogP contribution in [0.5, 0.6) is 11.5 Å². The van der Waals surface area contributed by atoms with Crippen molar-refractivity contribution in [2.75, 3.05) is 40.5 Å². The predicted molar refractivity (Wildman–Crippen MR) is 163 cm³/mol. The molecule has 6 N–H and O–H groups in total. The van der Waals surface area contributed by atoms with Gasteiger partial charge in [-0.3, -0.25) is 14.4 Å². The first-order chi connectivity index (χ1) is 21.6. The van der Waals surface area contributed by atoms with Crippen LogP contribution in [0.2, 0.25) is 0 Å². The average Bonchev–Trinajstić information content (AvgIpc) is 3.06. The van der Waals surface area contributed by atoms with E-state index in [0.717, 1.165) is 16.7 Å². The third-order valence-corrected chi connectivity index (χ3v) is 6.82. The smallest absolute Gasteiger partial charge is 0.405 e. The Morgan fingerprint density at radius 1 is 0.756 bits per heavy atom. The number of rotatable bonds is 16. The molecule has 3 aromatic carbocycles. The Morgan fingerprint density at radius 2 is 1.24 bits per heavy atom. The highest BCUT2D eigenvalue weighted by Gasteiger charge is 2.39. The molecule has 45 heavy (non-hydrogen) atoms. The van der Waals surface area contributed by atoms with Gasteiger partial charge >= 0.3 is 6.09 Å². The standard InChI is InChI=1S/C32H38N4O9/c1-21(37)27(36-29(39)18-34-28(38)17-35-30(40)20-44-31(33)41)19-45-32(22-7-5-4-6-8-22,23-9-13-25(42-2)14-10-23)24-11-15-26(43-3)16-12-24/h4-16,21,27,37H,17-20H2,1-3H3,(H2,33,41)(H,34,38)(H,35,40)(H,36,39). The van der Waals surface area contributed by atoms with E-state index in [4.69, 9.17) is 19.9 Å². The molecule has 0 aromatic heterocycles. The average molecular weight is 623 g/mol. The van der Waals surface area contributed by atoms with E-state index in [2.05, 4.69) is 20.7 Å². The molecule has 0 saturated heterocycles. The molecule has 13 heteroatoms. The molecule has 0 heterocycles. The van der Waals surface area contributed by atoms with E-state index in [1.165, 1.54) is 6.92 Å². The van der Waals surface area contributed by atoms with Gasteiger partial charge in [0.1, 0.15) is 17.1 Å². The summed E-state index contributed by atoms with van der Waals surface area (Å²) in [5.41, 5.74) is 5.95. The van der Waals surface area contributed by atoms with E-state index in [1.54, 1.807) is 14.2 Å². The van der Waals surface area contributed by atoms with Crippen molar-refractivity contribution in [2.45, 2.75) is 24.7 Å². The number of nitrogens with one attached hydrogen (secondary N) is 3. The van der Waals surface area contributed by atoms with Gasteiger partial charge in [0, 0.05) is 0 Å². The highest BCUT2D eigenvalue weighted by Crippen LogP contribution is 2.41. The van der Waals surface area contributed by atoms with Crippen molar-refractivity contribution >= 4 is 23.8 Å². The fourth-order valence-electron chi connectivity index (χ4n) is 4.46. The van der Waals surface area contributed by atoms with Crippen LogP contribution in [0.4, 0.5) is 4.79 Å². The normalized spacial score (nSPS) is 12.3. The van der Waals surface area contributed by atoms with Gasteiger partial charge in [0.05, 0.1) is 46.1 Å². The van der Waals surface area contributed by atoms with E-state index < -0.39 is 61.3 Å². The Hall–Kier alpha value is -5.14. The maximum absolute atomic E-state index is 12.8. The van der Waals surface area contributed by atoms with E-state index in [9.17, 15) is 24.3 Å². The van der Waals surface area contributed by atoms with Crippen LogP contribution in [0, 0.1) is 0 Å². The van der Waals surface area contributed by atoms with Crippen LogP contribution < -0.4 is 31.2 Å². The number of benzene rings is 3. The minimum atomic E-state index is -1.18. The summed E-state index contributed by atoms with van der Waals surface area (Å²) in [6.07, 6.45) is -2.16. The van der Waals surface area contributed by atoms with Crippen LogP contribution in [0.3, 0.4) is 0 Å². The Labute approximate surface area is 261 Å². The van der Waals surface area contributed by atoms with Crippen LogP contribution in [-0.2, 0) is 29.5 Å². The highest BCUT2D eigenvalue weighted by atomic mass is 16.5. The molecule has 2 unspecified atom stereocenters. The van der Waals surface area contributed by atoms with Gasteiger partial charge in [0.2, 0.25) is 11.8 Å². The first-order valence-corrected chi connectivity index (χ1v) is 14.0. The van der Waals surface area contributed by atoms with Crippen molar-refractivity contribution in [3.05, 3.63) is 95.6 Å². The number of primary amides is 1. The monoisotopic (exact) mass is 622 g/mol. The molecular weight excluding hydrogens is 584 g/mol. The number of aliphatic hydroxyl groups is 1. The Morgan fingerprint density at radius 3 is 1.73 bits per heavy atom. The van der Waals surface area contributed by atoms with Crippen molar-refractivity contribution in [1.82, 2.24) is 16.0 Å². The summed E-state index contributed by atoms with van der Waals surface area (Å²) in [5, 5.41) is 17.9. The lowest BCUT2D eigenvalue weighted by Crippen LogP contribution is -2.51. The predicted octanol–water partition coefficient (Wildman–Crippen LogP) is 1.21. The maximum atomic E-state index is 12.8. The number of carbonyl (C=O) groups is 4. The van der Waals surface area contributed by atoms with Crippen LogP contribution in [-0.4, -0.2) is 81.6 Å². The van der Waals surface area contributed by atoms with E-state index in [1.807, 2.05) is 78.9 Å². The summed E-state index contributed by atoms with van der Waals surface area (Å²) in [6, 6.07) is 23.5. The van der Waals surface area contributed by atoms with Crippen molar-refractivity contribution in [3.8, 4) is 11.5 Å². The van der Waals surface area contributed by atoms with E-state index in [0.29, 0.717) is 11.5 Å². The molecule has 0 aliphatic rings. The molecule has 0 bridgehead atoms. The number of ether oxygens (including phenoxy) is 4. The number of aliphatic hydroxyl groups excluding tert-OH is 1. The summed E-state index contributed by atoms with van der Waals surface area (Å²) in [4.78, 5) is 47.0. The summed E-state index contributed by atoms with van der Waals surface area (Å²) in [6.45, 7) is -0.143. The summed E-state index contributed by atoms with van der Waals surface area (Å²) in [5.74, 6) is -0.685. The number of nitrogens with two attached hydrogens (primary N) is 1. The van der Waals surface area contributed by atoms with Gasteiger partial charge in [0.15, 0.2) is 6.61 Å². The number of hydrogen-bond donors (Lipinski definition) is 5. The van der Waals surface area contributed by atoms with Crippen LogP contribution in [0.1, 0.15) is 23.6 Å². The number of methoxy groups -OCH3 is 2. The van der Waals surface area contributed by atoms with Gasteiger partial charge in [-0.15, -0.1) is 0 Å². The molecule has 2 atom stereocenters. The van der Waals surface area contributed by atoms with Crippen LogP contribution in [0.25, 0.3) is 0 Å². The number of carbonyl (C=O) groups excluding carboxylic acids is 4. The van der Waals surface area contributed by atoms with Crippen molar-refractivity contribution in [3.63, 3.8) is 0 Å². The molecule has 3 aromatic rings. The number of hydrogen-bond acceptors (Lipinski definition) is 9. The lowest BCUT2D eigenvalue weighted by molar-refractivity contribution is -0.129. The van der Waals surface area contributed by atoms with Gasteiger partial charge in [-0.1, -0.05) is 54.6 Å². The molecule has 0 radical (unpaired) electrons. The second kappa shape index (κ2) is 16.6. The lowest BCUT2D eigenvalue weighted by atomic mass is 9.80. The van der Waals surface area contributed by atoms with Gasteiger partial charge in [0.25, 0.3) is 5.91 Å². The second-order valence-electron chi connectivity index (χ2n) is 9.89. The zero-order valence-electron chi connectivity index (χ0n) is 25.3. The summed E-state index contributed by atoms with van der Waals surface area (Å²) in [7, 11) is 3.16. The molecule has 13 nitrogen and oxygen atoms in total. The SMILES string of the molecule is COc1ccc(C(OCC(NC(=O)CNC(=O)CNC(=O)COC(N)=O)C(C)O)(c2ccccc2)c2ccc(OC)cc2)cc1. The van der Waals surface area contributed by atoms with E-state index >= 15 is 0 Å². The fraction of sp³-hybridized carbons (Fsp3) is 0.312. The summed E-state index contributed by atoms with van der Waals surface area (Å²) < 4.78 is 21.8. The van der Waals surface area contributed by atoms with Crippen LogP contribution in [0.15, 0.2) is 78.9 Å². The molecule has 0 aliphatic carbocycles.